The van der Waals surface area contributed by atoms with Crippen LogP contribution in [-0.2, 0) is 11.2 Å². The second kappa shape index (κ2) is 8.26. The van der Waals surface area contributed by atoms with Crippen LogP contribution in [0.15, 0.2) is 72.8 Å². The van der Waals surface area contributed by atoms with E-state index in [1.54, 1.807) is 24.3 Å². The number of hydrogen-bond donors (Lipinski definition) is 0. The molecule has 1 amide bonds. The van der Waals surface area contributed by atoms with Crippen molar-refractivity contribution >= 4 is 29.1 Å². The number of carbonyl (C=O) groups is 1. The fourth-order valence-electron chi connectivity index (χ4n) is 3.63. The molecule has 0 saturated heterocycles. The third-order valence-electron chi connectivity index (χ3n) is 4.98. The van der Waals surface area contributed by atoms with Crippen molar-refractivity contribution in [3.05, 3.63) is 99.5 Å². The van der Waals surface area contributed by atoms with E-state index in [1.165, 1.54) is 5.56 Å². The van der Waals surface area contributed by atoms with Gasteiger partial charge in [-0.05, 0) is 53.4 Å². The molecule has 3 aromatic rings. The van der Waals surface area contributed by atoms with E-state index in [4.69, 9.17) is 27.9 Å². The zero-order valence-electron chi connectivity index (χ0n) is 15.1. The predicted octanol–water partition coefficient (Wildman–Crippen LogP) is 5.55. The van der Waals surface area contributed by atoms with Crippen LogP contribution in [0, 0.1) is 0 Å². The van der Waals surface area contributed by atoms with E-state index in [0.29, 0.717) is 22.3 Å². The summed E-state index contributed by atoms with van der Waals surface area (Å²) >= 11 is 12.4. The minimum atomic E-state index is -0.222. The smallest absolute Gasteiger partial charge is 0.261 e. The normalized spacial score (nSPS) is 15.8. The van der Waals surface area contributed by atoms with Crippen LogP contribution >= 0.6 is 23.2 Å². The number of carbonyl (C=O) groups excluding carboxylic acids is 1. The SMILES string of the molecule is O=C(COc1ccc(Cl)cc1)N1CCc2ccccc2C1c1ccccc1Cl. The summed E-state index contributed by atoms with van der Waals surface area (Å²) in [5.41, 5.74) is 3.29. The first kappa shape index (κ1) is 18.9. The lowest BCUT2D eigenvalue weighted by atomic mass is 9.88. The third kappa shape index (κ3) is 3.87. The lowest BCUT2D eigenvalue weighted by Gasteiger charge is -2.38. The van der Waals surface area contributed by atoms with Gasteiger partial charge in [-0.25, -0.2) is 0 Å². The molecular weight excluding hydrogens is 393 g/mol. The van der Waals surface area contributed by atoms with Gasteiger partial charge in [0.15, 0.2) is 6.61 Å². The Hall–Kier alpha value is -2.49. The lowest BCUT2D eigenvalue weighted by molar-refractivity contribution is -0.135. The van der Waals surface area contributed by atoms with E-state index < -0.39 is 0 Å². The predicted molar refractivity (Wildman–Crippen MR) is 112 cm³/mol. The van der Waals surface area contributed by atoms with E-state index in [9.17, 15) is 4.79 Å². The van der Waals surface area contributed by atoms with Gasteiger partial charge in [0, 0.05) is 16.6 Å². The Balaban J connectivity index is 1.62. The average Bonchev–Trinajstić information content (AvgIpc) is 2.73. The molecule has 0 bridgehead atoms. The molecule has 1 heterocycles. The van der Waals surface area contributed by atoms with Crippen LogP contribution in [0.2, 0.25) is 10.0 Å². The molecule has 3 aromatic carbocycles. The summed E-state index contributed by atoms with van der Waals surface area (Å²) in [6.45, 7) is 0.584. The molecule has 1 unspecified atom stereocenters. The van der Waals surface area contributed by atoms with Gasteiger partial charge in [0.1, 0.15) is 5.75 Å². The Morgan fingerprint density at radius 3 is 2.36 bits per heavy atom. The quantitative estimate of drug-likeness (QED) is 0.563. The van der Waals surface area contributed by atoms with Gasteiger partial charge in [0.05, 0.1) is 6.04 Å². The van der Waals surface area contributed by atoms with Crippen molar-refractivity contribution in [2.24, 2.45) is 0 Å². The maximum atomic E-state index is 13.1. The first-order valence-electron chi connectivity index (χ1n) is 9.13. The molecule has 1 aliphatic rings. The maximum Gasteiger partial charge on any atom is 0.261 e. The summed E-state index contributed by atoms with van der Waals surface area (Å²) in [5, 5.41) is 1.28. The van der Waals surface area contributed by atoms with Crippen molar-refractivity contribution in [3.63, 3.8) is 0 Å². The Kier molecular flexibility index (Phi) is 5.56. The fourth-order valence-corrected chi connectivity index (χ4v) is 3.99. The number of ether oxygens (including phenoxy) is 1. The zero-order chi connectivity index (χ0) is 19.5. The highest BCUT2D eigenvalue weighted by Crippen LogP contribution is 2.38. The summed E-state index contributed by atoms with van der Waals surface area (Å²) in [5.74, 6) is 0.541. The van der Waals surface area contributed by atoms with Gasteiger partial charge in [-0.2, -0.15) is 0 Å². The van der Waals surface area contributed by atoms with Crippen molar-refractivity contribution in [2.75, 3.05) is 13.2 Å². The monoisotopic (exact) mass is 411 g/mol. The number of halogens is 2. The molecule has 5 heteroatoms. The molecule has 1 aliphatic heterocycles. The van der Waals surface area contributed by atoms with Crippen LogP contribution < -0.4 is 4.74 Å². The van der Waals surface area contributed by atoms with Gasteiger partial charge in [-0.1, -0.05) is 65.7 Å². The number of rotatable bonds is 4. The van der Waals surface area contributed by atoms with Gasteiger partial charge in [0.2, 0.25) is 0 Å². The average molecular weight is 412 g/mol. The van der Waals surface area contributed by atoms with Gasteiger partial charge in [-0.15, -0.1) is 0 Å². The number of benzene rings is 3. The number of amides is 1. The largest absolute Gasteiger partial charge is 0.484 e. The van der Waals surface area contributed by atoms with Crippen molar-refractivity contribution in [1.29, 1.82) is 0 Å². The Morgan fingerprint density at radius 2 is 1.61 bits per heavy atom. The van der Waals surface area contributed by atoms with Crippen LogP contribution in [0.25, 0.3) is 0 Å². The standard InChI is InChI=1S/C23H19Cl2NO2/c24-17-9-11-18(12-10-17)28-15-22(27)26-14-13-16-5-1-2-6-19(16)23(26)20-7-3-4-8-21(20)25/h1-12,23H,13-15H2. The highest BCUT2D eigenvalue weighted by molar-refractivity contribution is 6.31. The van der Waals surface area contributed by atoms with Gasteiger partial charge in [-0.3, -0.25) is 4.79 Å². The topological polar surface area (TPSA) is 29.5 Å². The molecule has 0 radical (unpaired) electrons. The summed E-state index contributed by atoms with van der Waals surface area (Å²) < 4.78 is 5.70. The minimum Gasteiger partial charge on any atom is -0.484 e. The molecule has 1 atom stereocenters. The molecule has 0 aromatic heterocycles. The molecule has 28 heavy (non-hydrogen) atoms. The van der Waals surface area contributed by atoms with Gasteiger partial charge < -0.3 is 9.64 Å². The summed E-state index contributed by atoms with van der Waals surface area (Å²) in [4.78, 5) is 14.9. The van der Waals surface area contributed by atoms with Crippen LogP contribution in [0.3, 0.4) is 0 Å². The molecule has 3 nitrogen and oxygen atoms in total. The van der Waals surface area contributed by atoms with Gasteiger partial charge >= 0.3 is 0 Å². The maximum absolute atomic E-state index is 13.1. The summed E-state index contributed by atoms with van der Waals surface area (Å²) in [6, 6.07) is 22.7. The van der Waals surface area contributed by atoms with E-state index in [-0.39, 0.29) is 18.6 Å². The molecule has 0 fully saturated rings. The zero-order valence-corrected chi connectivity index (χ0v) is 16.7. The fraction of sp³-hybridized carbons (Fsp3) is 0.174. The summed E-state index contributed by atoms with van der Waals surface area (Å²) in [6.07, 6.45) is 0.809. The molecule has 0 N–H and O–H groups in total. The van der Waals surface area contributed by atoms with Crippen LogP contribution in [0.5, 0.6) is 5.75 Å². The van der Waals surface area contributed by atoms with Crippen LogP contribution in [-0.4, -0.2) is 24.0 Å². The molecular formula is C23H19Cl2NO2. The third-order valence-corrected chi connectivity index (χ3v) is 5.58. The van der Waals surface area contributed by atoms with Crippen molar-refractivity contribution in [1.82, 2.24) is 4.90 Å². The minimum absolute atomic E-state index is 0.0370. The van der Waals surface area contributed by atoms with Crippen molar-refractivity contribution in [2.45, 2.75) is 12.5 Å². The molecule has 0 saturated carbocycles. The second-order valence-electron chi connectivity index (χ2n) is 6.70. The van der Waals surface area contributed by atoms with Crippen LogP contribution in [0.4, 0.5) is 0 Å². The van der Waals surface area contributed by atoms with E-state index >= 15 is 0 Å². The van der Waals surface area contributed by atoms with Crippen molar-refractivity contribution < 1.29 is 9.53 Å². The number of nitrogens with zero attached hydrogens (tertiary/aromatic N) is 1. The number of fused-ring (bicyclic) bond motifs is 1. The first-order chi connectivity index (χ1) is 13.6. The van der Waals surface area contributed by atoms with Gasteiger partial charge in [0.25, 0.3) is 5.91 Å². The molecule has 4 rings (SSSR count). The van der Waals surface area contributed by atoms with E-state index in [0.717, 1.165) is 17.5 Å². The van der Waals surface area contributed by atoms with E-state index in [1.807, 2.05) is 41.3 Å². The first-order valence-corrected chi connectivity index (χ1v) is 9.89. The highest BCUT2D eigenvalue weighted by atomic mass is 35.5. The lowest BCUT2D eigenvalue weighted by Crippen LogP contribution is -2.43. The number of hydrogen-bond acceptors (Lipinski definition) is 2. The van der Waals surface area contributed by atoms with E-state index in [2.05, 4.69) is 12.1 Å². The van der Waals surface area contributed by atoms with Crippen LogP contribution in [0.1, 0.15) is 22.7 Å². The molecule has 0 aliphatic carbocycles. The second-order valence-corrected chi connectivity index (χ2v) is 7.55. The highest BCUT2D eigenvalue weighted by Gasteiger charge is 2.33. The molecule has 142 valence electrons. The Bertz CT molecular complexity index is 988. The van der Waals surface area contributed by atoms with Crippen molar-refractivity contribution in [3.8, 4) is 5.75 Å². The Morgan fingerprint density at radius 1 is 0.929 bits per heavy atom. The molecule has 0 spiro atoms. The Labute approximate surface area is 174 Å². The summed E-state index contributed by atoms with van der Waals surface area (Å²) in [7, 11) is 0.